The largest absolute Gasteiger partial charge is 0.357 e. The summed E-state index contributed by atoms with van der Waals surface area (Å²) in [6, 6.07) is 4.76. The van der Waals surface area contributed by atoms with E-state index in [0.717, 1.165) is 23.8 Å². The van der Waals surface area contributed by atoms with Crippen LogP contribution in [0.1, 0.15) is 22.3 Å². The molecule has 1 aliphatic rings. The Morgan fingerprint density at radius 2 is 1.77 bits per heavy atom. The number of halogens is 2. The molecule has 2 aromatic rings. The van der Waals surface area contributed by atoms with Crippen molar-refractivity contribution in [1.82, 2.24) is 14.4 Å². The third kappa shape index (κ3) is 4.09. The van der Waals surface area contributed by atoms with Gasteiger partial charge in [-0.15, -0.1) is 0 Å². The zero-order chi connectivity index (χ0) is 18.7. The van der Waals surface area contributed by atoms with Crippen LogP contribution in [0, 0.1) is 11.6 Å². The minimum atomic E-state index is -0.738. The Bertz CT molecular complexity index is 819. The molecule has 0 bridgehead atoms. The van der Waals surface area contributed by atoms with Gasteiger partial charge in [0.1, 0.15) is 11.6 Å². The Morgan fingerprint density at radius 3 is 2.50 bits per heavy atom. The Morgan fingerprint density at radius 1 is 1.04 bits per heavy atom. The highest BCUT2D eigenvalue weighted by Crippen LogP contribution is 2.15. The number of amides is 2. The molecule has 0 radical (unpaired) electrons. The van der Waals surface area contributed by atoms with Crippen molar-refractivity contribution in [2.45, 2.75) is 12.8 Å². The molecule has 1 fully saturated rings. The summed E-state index contributed by atoms with van der Waals surface area (Å²) in [5, 5.41) is 0. The van der Waals surface area contributed by atoms with Crippen molar-refractivity contribution in [1.29, 1.82) is 0 Å². The number of hydrogen-bond acceptors (Lipinski definition) is 2. The third-order valence-electron chi connectivity index (χ3n) is 4.54. The van der Waals surface area contributed by atoms with Gasteiger partial charge in [-0.3, -0.25) is 9.59 Å². The number of nitrogens with zero attached hydrogens (tertiary/aromatic N) is 3. The molecule has 2 amide bonds. The molecular weight excluding hydrogens is 340 g/mol. The summed E-state index contributed by atoms with van der Waals surface area (Å²) in [5.74, 6) is -1.93. The van der Waals surface area contributed by atoms with E-state index in [0.29, 0.717) is 39.0 Å². The SMILES string of the molecule is Cn1ccc(CC(=O)N2CCCN(C(=O)c3cc(F)ccc3F)CC2)c1. The summed E-state index contributed by atoms with van der Waals surface area (Å²) in [7, 11) is 1.90. The average molecular weight is 361 g/mol. The van der Waals surface area contributed by atoms with Gasteiger partial charge in [-0.1, -0.05) is 0 Å². The van der Waals surface area contributed by atoms with Crippen LogP contribution in [-0.2, 0) is 18.3 Å². The first-order valence-corrected chi connectivity index (χ1v) is 8.57. The fourth-order valence-corrected chi connectivity index (χ4v) is 3.15. The van der Waals surface area contributed by atoms with Gasteiger partial charge in [0.2, 0.25) is 5.91 Å². The number of benzene rings is 1. The predicted octanol–water partition coefficient (Wildman–Crippen LogP) is 2.22. The Hall–Kier alpha value is -2.70. The highest BCUT2D eigenvalue weighted by Gasteiger charge is 2.24. The molecule has 0 spiro atoms. The molecule has 26 heavy (non-hydrogen) atoms. The molecule has 0 N–H and O–H groups in total. The van der Waals surface area contributed by atoms with E-state index >= 15 is 0 Å². The molecule has 5 nitrogen and oxygen atoms in total. The van der Waals surface area contributed by atoms with Crippen LogP contribution in [0.2, 0.25) is 0 Å². The minimum Gasteiger partial charge on any atom is -0.357 e. The molecule has 2 heterocycles. The molecule has 0 aliphatic carbocycles. The molecule has 138 valence electrons. The highest BCUT2D eigenvalue weighted by molar-refractivity contribution is 5.94. The van der Waals surface area contributed by atoms with Crippen molar-refractivity contribution in [3.8, 4) is 0 Å². The van der Waals surface area contributed by atoms with Crippen LogP contribution in [0.25, 0.3) is 0 Å². The van der Waals surface area contributed by atoms with Crippen LogP contribution in [0.5, 0.6) is 0 Å². The number of carbonyl (C=O) groups excluding carboxylic acids is 2. The van der Waals surface area contributed by atoms with Crippen LogP contribution < -0.4 is 0 Å². The van der Waals surface area contributed by atoms with Crippen molar-refractivity contribution in [3.63, 3.8) is 0 Å². The molecule has 0 saturated carbocycles. The fraction of sp³-hybridized carbons (Fsp3) is 0.368. The van der Waals surface area contributed by atoms with Crippen molar-refractivity contribution in [3.05, 3.63) is 59.4 Å². The van der Waals surface area contributed by atoms with Crippen LogP contribution in [0.15, 0.2) is 36.7 Å². The Kier molecular flexibility index (Phi) is 5.35. The Labute approximate surface area is 150 Å². The summed E-state index contributed by atoms with van der Waals surface area (Å²) in [6.07, 6.45) is 4.70. The molecule has 0 atom stereocenters. The predicted molar refractivity (Wildman–Crippen MR) is 92.6 cm³/mol. The molecule has 1 aromatic heterocycles. The van der Waals surface area contributed by atoms with Gasteiger partial charge >= 0.3 is 0 Å². The van der Waals surface area contributed by atoms with E-state index in [9.17, 15) is 18.4 Å². The molecule has 7 heteroatoms. The van der Waals surface area contributed by atoms with Crippen molar-refractivity contribution in [2.24, 2.45) is 7.05 Å². The molecule has 0 unspecified atom stereocenters. The Balaban J connectivity index is 1.63. The second kappa shape index (κ2) is 7.68. The van der Waals surface area contributed by atoms with E-state index in [1.54, 1.807) is 4.90 Å². The van der Waals surface area contributed by atoms with Crippen LogP contribution >= 0.6 is 0 Å². The molecule has 1 aliphatic heterocycles. The van der Waals surface area contributed by atoms with E-state index in [1.807, 2.05) is 30.1 Å². The van der Waals surface area contributed by atoms with Gasteiger partial charge in [0.15, 0.2) is 0 Å². The van der Waals surface area contributed by atoms with Crippen molar-refractivity contribution in [2.75, 3.05) is 26.2 Å². The van der Waals surface area contributed by atoms with Crippen LogP contribution in [-0.4, -0.2) is 52.4 Å². The number of rotatable bonds is 3. The average Bonchev–Trinajstić information content (AvgIpc) is 2.87. The topological polar surface area (TPSA) is 45.6 Å². The van der Waals surface area contributed by atoms with Gasteiger partial charge in [0.05, 0.1) is 12.0 Å². The summed E-state index contributed by atoms with van der Waals surface area (Å²) in [5.41, 5.74) is 0.672. The maximum Gasteiger partial charge on any atom is 0.256 e. The number of hydrogen-bond donors (Lipinski definition) is 0. The van der Waals surface area contributed by atoms with Gasteiger partial charge in [-0.2, -0.15) is 0 Å². The summed E-state index contributed by atoms with van der Waals surface area (Å²) in [6.45, 7) is 1.63. The van der Waals surface area contributed by atoms with Gasteiger partial charge < -0.3 is 14.4 Å². The quantitative estimate of drug-likeness (QED) is 0.842. The van der Waals surface area contributed by atoms with E-state index in [2.05, 4.69) is 0 Å². The zero-order valence-electron chi connectivity index (χ0n) is 14.6. The maximum absolute atomic E-state index is 13.8. The monoisotopic (exact) mass is 361 g/mol. The van der Waals surface area contributed by atoms with Crippen molar-refractivity contribution >= 4 is 11.8 Å². The molecule has 1 aromatic carbocycles. The summed E-state index contributed by atoms with van der Waals surface area (Å²) >= 11 is 0. The number of aryl methyl sites for hydroxylation is 1. The highest BCUT2D eigenvalue weighted by atomic mass is 19.1. The second-order valence-electron chi connectivity index (χ2n) is 6.51. The van der Waals surface area contributed by atoms with E-state index in [1.165, 1.54) is 4.90 Å². The lowest BCUT2D eigenvalue weighted by Gasteiger charge is -2.22. The fourth-order valence-electron chi connectivity index (χ4n) is 3.15. The second-order valence-corrected chi connectivity index (χ2v) is 6.51. The lowest BCUT2D eigenvalue weighted by Crippen LogP contribution is -2.38. The zero-order valence-corrected chi connectivity index (χ0v) is 14.6. The standard InChI is InChI=1S/C19H21F2N3O2/c1-22-8-5-14(13-22)11-18(25)23-6-2-7-24(10-9-23)19(26)16-12-15(20)3-4-17(16)21/h3-5,8,12-13H,2,6-7,9-11H2,1H3. The first kappa shape index (κ1) is 18.1. The number of carbonyl (C=O) groups is 2. The maximum atomic E-state index is 13.8. The van der Waals surface area contributed by atoms with E-state index in [-0.39, 0.29) is 11.5 Å². The van der Waals surface area contributed by atoms with E-state index < -0.39 is 17.5 Å². The third-order valence-corrected chi connectivity index (χ3v) is 4.54. The lowest BCUT2D eigenvalue weighted by atomic mass is 10.1. The van der Waals surface area contributed by atoms with Crippen molar-refractivity contribution < 1.29 is 18.4 Å². The van der Waals surface area contributed by atoms with E-state index in [4.69, 9.17) is 0 Å². The normalized spacial score (nSPS) is 15.0. The van der Waals surface area contributed by atoms with Gasteiger partial charge in [0, 0.05) is 45.6 Å². The summed E-state index contributed by atoms with van der Waals surface area (Å²) in [4.78, 5) is 28.2. The lowest BCUT2D eigenvalue weighted by molar-refractivity contribution is -0.130. The first-order valence-electron chi connectivity index (χ1n) is 8.57. The summed E-state index contributed by atoms with van der Waals surface area (Å²) < 4.78 is 29.1. The van der Waals surface area contributed by atoms with Gasteiger partial charge in [0.25, 0.3) is 5.91 Å². The number of aromatic nitrogens is 1. The van der Waals surface area contributed by atoms with Gasteiger partial charge in [-0.25, -0.2) is 8.78 Å². The molecule has 3 rings (SSSR count). The van der Waals surface area contributed by atoms with Gasteiger partial charge in [-0.05, 0) is 36.2 Å². The minimum absolute atomic E-state index is 0.00225. The van der Waals surface area contributed by atoms with Crippen LogP contribution in [0.4, 0.5) is 8.78 Å². The smallest absolute Gasteiger partial charge is 0.256 e. The van der Waals surface area contributed by atoms with Crippen LogP contribution in [0.3, 0.4) is 0 Å². The molecular formula is C19H21F2N3O2. The molecule has 1 saturated heterocycles. The first-order chi connectivity index (χ1) is 12.4.